The highest BCUT2D eigenvalue weighted by molar-refractivity contribution is 7.15. The van der Waals surface area contributed by atoms with Crippen LogP contribution in [0, 0.1) is 22.2 Å². The van der Waals surface area contributed by atoms with Gasteiger partial charge < -0.3 is 30.3 Å². The Morgan fingerprint density at radius 2 is 1.86 bits per heavy atom. The van der Waals surface area contributed by atoms with Crippen LogP contribution in [-0.4, -0.2) is 60.5 Å². The molecule has 4 rings (SSSR count). The van der Waals surface area contributed by atoms with Gasteiger partial charge in [-0.1, -0.05) is 40.7 Å². The van der Waals surface area contributed by atoms with Crippen molar-refractivity contribution < 1.29 is 29.3 Å². The molecule has 0 spiro atoms. The maximum Gasteiger partial charge on any atom is 0.226 e. The lowest BCUT2D eigenvalue weighted by Crippen LogP contribution is -2.57. The molecule has 2 amide bonds. The van der Waals surface area contributed by atoms with Crippen molar-refractivity contribution in [1.82, 2.24) is 10.3 Å². The number of hydrogen-bond donors (Lipinski definition) is 4. The third kappa shape index (κ3) is 6.60. The van der Waals surface area contributed by atoms with Gasteiger partial charge >= 0.3 is 0 Å². The number of hydrogen-bond acceptors (Lipinski definition) is 8. The fourth-order valence-electron chi connectivity index (χ4n) is 6.98. The van der Waals surface area contributed by atoms with Crippen molar-refractivity contribution in [2.75, 3.05) is 32.7 Å². The maximum atomic E-state index is 13.4. The first-order valence-electron chi connectivity index (χ1n) is 14.8. The molecule has 0 radical (unpaired) electrons. The topological polar surface area (TPSA) is 130 Å². The Kier molecular flexibility index (Phi) is 9.59. The summed E-state index contributed by atoms with van der Waals surface area (Å²) in [5.74, 6) is 0.889. The maximum absolute atomic E-state index is 13.4. The molecule has 1 heterocycles. The molecule has 0 saturated heterocycles. The summed E-state index contributed by atoms with van der Waals surface area (Å²) < 4.78 is 10.7. The summed E-state index contributed by atoms with van der Waals surface area (Å²) in [6, 6.07) is 5.73. The average Bonchev–Trinajstić information content (AvgIpc) is 3.32. The molecule has 2 aliphatic rings. The van der Waals surface area contributed by atoms with Gasteiger partial charge in [-0.05, 0) is 60.1 Å². The smallest absolute Gasteiger partial charge is 0.226 e. The van der Waals surface area contributed by atoms with E-state index in [1.807, 2.05) is 45.9 Å². The van der Waals surface area contributed by atoms with Crippen LogP contribution >= 0.6 is 11.3 Å². The van der Waals surface area contributed by atoms with E-state index in [9.17, 15) is 19.8 Å². The summed E-state index contributed by atoms with van der Waals surface area (Å²) in [5, 5.41) is 28.1. The van der Waals surface area contributed by atoms with Gasteiger partial charge in [0.05, 0.1) is 32.6 Å². The molecule has 9 nitrogen and oxygen atoms in total. The summed E-state index contributed by atoms with van der Waals surface area (Å²) in [6.45, 7) is 10.5. The van der Waals surface area contributed by atoms with Crippen molar-refractivity contribution in [3.05, 3.63) is 34.3 Å². The standard InChI is InChI=1S/C32H47N3O6S/c1-30(2,3)17-27(39)34-29-35-28-20(15-26(38)33-13-11-19-8-9-21(40-6)22(14-19)41-7)31(4)12-10-25(37)32(5,18-36)24(31)16-23(28)42-29/h8-9,14,20,24-25,36-37H,10-13,15-18H2,1-7H3,(H,33,38)(H,34,35,39). The molecular weight excluding hydrogens is 554 g/mol. The average molecular weight is 602 g/mol. The van der Waals surface area contributed by atoms with Gasteiger partial charge in [0.25, 0.3) is 0 Å². The number of rotatable bonds is 10. The number of ether oxygens (including phenoxy) is 2. The van der Waals surface area contributed by atoms with E-state index in [1.165, 1.54) is 11.3 Å². The first-order chi connectivity index (χ1) is 19.7. The highest BCUT2D eigenvalue weighted by atomic mass is 32.1. The molecule has 2 aliphatic carbocycles. The summed E-state index contributed by atoms with van der Waals surface area (Å²) >= 11 is 1.45. The Bertz CT molecular complexity index is 1290. The van der Waals surface area contributed by atoms with Gasteiger partial charge in [-0.15, -0.1) is 11.3 Å². The number of aliphatic hydroxyl groups is 2. The van der Waals surface area contributed by atoms with Gasteiger partial charge in [-0.25, -0.2) is 4.98 Å². The number of amides is 2. The van der Waals surface area contributed by atoms with E-state index < -0.39 is 11.5 Å². The van der Waals surface area contributed by atoms with Crippen molar-refractivity contribution >= 4 is 28.3 Å². The number of aromatic nitrogens is 1. The van der Waals surface area contributed by atoms with Crippen LogP contribution in [0.1, 0.15) is 82.4 Å². The molecule has 4 N–H and O–H groups in total. The van der Waals surface area contributed by atoms with Gasteiger partial charge in [-0.2, -0.15) is 0 Å². The molecule has 0 bridgehead atoms. The number of carbonyl (C=O) groups excluding carboxylic acids is 2. The van der Waals surface area contributed by atoms with Crippen molar-refractivity contribution in [3.63, 3.8) is 0 Å². The van der Waals surface area contributed by atoms with E-state index in [-0.39, 0.29) is 47.5 Å². The highest BCUT2D eigenvalue weighted by Gasteiger charge is 2.59. The number of nitrogens with zero attached hydrogens (tertiary/aromatic N) is 1. The van der Waals surface area contributed by atoms with Gasteiger partial charge in [-0.3, -0.25) is 9.59 Å². The van der Waals surface area contributed by atoms with Crippen LogP contribution < -0.4 is 20.1 Å². The lowest BCUT2D eigenvalue weighted by Gasteiger charge is -2.58. The minimum Gasteiger partial charge on any atom is -0.493 e. The lowest BCUT2D eigenvalue weighted by molar-refractivity contribution is -0.144. The Balaban J connectivity index is 1.56. The monoisotopic (exact) mass is 601 g/mol. The number of nitrogens with one attached hydrogen (secondary N) is 2. The number of thiazole rings is 1. The summed E-state index contributed by atoms with van der Waals surface area (Å²) in [4.78, 5) is 32.1. The molecule has 1 saturated carbocycles. The van der Waals surface area contributed by atoms with E-state index in [4.69, 9.17) is 14.5 Å². The van der Waals surface area contributed by atoms with E-state index in [1.54, 1.807) is 14.2 Å². The van der Waals surface area contributed by atoms with Crippen molar-refractivity contribution in [1.29, 1.82) is 0 Å². The normalized spacial score (nSPS) is 27.0. The van der Waals surface area contributed by atoms with Crippen LogP contribution in [0.25, 0.3) is 0 Å². The lowest BCUT2D eigenvalue weighted by atomic mass is 9.47. The van der Waals surface area contributed by atoms with Crippen LogP contribution in [0.3, 0.4) is 0 Å². The van der Waals surface area contributed by atoms with Gasteiger partial charge in [0.1, 0.15) is 0 Å². The third-order valence-electron chi connectivity index (χ3n) is 9.40. The molecule has 5 atom stereocenters. The molecule has 42 heavy (non-hydrogen) atoms. The highest BCUT2D eigenvalue weighted by Crippen LogP contribution is 2.62. The fourth-order valence-corrected chi connectivity index (χ4v) is 8.07. The molecule has 5 unspecified atom stereocenters. The summed E-state index contributed by atoms with van der Waals surface area (Å²) in [6.07, 6.45) is 2.54. The number of anilines is 1. The zero-order valence-electron chi connectivity index (χ0n) is 26.0. The molecular formula is C32H47N3O6S. The first kappa shape index (κ1) is 32.2. The van der Waals surface area contributed by atoms with Gasteiger partial charge in [0, 0.05) is 35.6 Å². The molecule has 1 aromatic carbocycles. The zero-order valence-corrected chi connectivity index (χ0v) is 26.8. The van der Waals surface area contributed by atoms with Gasteiger partial charge in [0.15, 0.2) is 16.6 Å². The minimum atomic E-state index is -0.702. The predicted octanol–water partition coefficient (Wildman–Crippen LogP) is 4.70. The molecule has 232 valence electrons. The largest absolute Gasteiger partial charge is 0.493 e. The molecule has 0 aliphatic heterocycles. The predicted molar refractivity (Wildman–Crippen MR) is 164 cm³/mol. The Hall–Kier alpha value is -2.69. The van der Waals surface area contributed by atoms with Gasteiger partial charge in [0.2, 0.25) is 11.8 Å². The molecule has 2 aromatic rings. The first-order valence-corrected chi connectivity index (χ1v) is 15.6. The van der Waals surface area contributed by atoms with Crippen LogP contribution in [-0.2, 0) is 22.4 Å². The second-order valence-electron chi connectivity index (χ2n) is 13.6. The fraction of sp³-hybridized carbons (Fsp3) is 0.656. The molecule has 10 heteroatoms. The third-order valence-corrected chi connectivity index (χ3v) is 10.4. The summed E-state index contributed by atoms with van der Waals surface area (Å²) in [7, 11) is 3.20. The number of aliphatic hydroxyl groups excluding tert-OH is 2. The van der Waals surface area contributed by atoms with Crippen LogP contribution in [0.4, 0.5) is 5.13 Å². The number of fused-ring (bicyclic) bond motifs is 2. The number of benzene rings is 1. The molecule has 1 fully saturated rings. The van der Waals surface area contributed by atoms with Crippen LogP contribution in [0.5, 0.6) is 11.5 Å². The van der Waals surface area contributed by atoms with E-state index >= 15 is 0 Å². The second kappa shape index (κ2) is 12.5. The minimum absolute atomic E-state index is 0.0469. The quantitative estimate of drug-likeness (QED) is 0.311. The number of methoxy groups -OCH3 is 2. The Labute approximate surface area is 253 Å². The second-order valence-corrected chi connectivity index (χ2v) is 14.7. The van der Waals surface area contributed by atoms with Crippen LogP contribution in [0.2, 0.25) is 0 Å². The number of carbonyl (C=O) groups is 2. The van der Waals surface area contributed by atoms with Crippen molar-refractivity contribution in [3.8, 4) is 11.5 Å². The van der Waals surface area contributed by atoms with E-state index in [0.29, 0.717) is 48.9 Å². The Morgan fingerprint density at radius 1 is 1.14 bits per heavy atom. The van der Waals surface area contributed by atoms with Crippen molar-refractivity contribution in [2.45, 2.75) is 85.2 Å². The Morgan fingerprint density at radius 3 is 2.50 bits per heavy atom. The summed E-state index contributed by atoms with van der Waals surface area (Å²) in [5.41, 5.74) is 0.670. The molecule has 1 aromatic heterocycles. The zero-order chi connectivity index (χ0) is 30.9. The van der Waals surface area contributed by atoms with Crippen LogP contribution in [0.15, 0.2) is 18.2 Å². The van der Waals surface area contributed by atoms with Crippen molar-refractivity contribution in [2.24, 2.45) is 22.2 Å². The van der Waals surface area contributed by atoms with E-state index in [0.717, 1.165) is 22.6 Å². The SMILES string of the molecule is COc1ccc(CCNC(=O)CC2c3nc(NC(=O)CC(C)(C)C)sc3CC3C(C)(CO)C(O)CCC23C)cc1OC. The van der Waals surface area contributed by atoms with E-state index in [2.05, 4.69) is 17.6 Å².